The number of aliphatic carboxylic acids is 2. The monoisotopic (exact) mass is 406 g/mol. The van der Waals surface area contributed by atoms with Gasteiger partial charge in [-0.2, -0.15) is 8.42 Å². The first-order chi connectivity index (χ1) is 11.2. The molecule has 10 heteroatoms. The van der Waals surface area contributed by atoms with Crippen LogP contribution in [0.1, 0.15) is 64.2 Å². The van der Waals surface area contributed by atoms with Gasteiger partial charge in [-0.15, -0.1) is 0 Å². The van der Waals surface area contributed by atoms with Crippen LogP contribution < -0.4 is 69.3 Å². The van der Waals surface area contributed by atoms with Crippen LogP contribution >= 0.6 is 0 Å². The third-order valence-electron chi connectivity index (χ3n) is 5.79. The Labute approximate surface area is 199 Å². The largest absolute Gasteiger partial charge is 1.00 e. The summed E-state index contributed by atoms with van der Waals surface area (Å²) in [7, 11) is -5.20. The Bertz CT molecular complexity index is 583. The van der Waals surface area contributed by atoms with Gasteiger partial charge in [-0.25, -0.2) is 0 Å². The van der Waals surface area contributed by atoms with Crippen LogP contribution in [0, 0.1) is 17.8 Å². The molecule has 0 aromatic carbocycles. The van der Waals surface area contributed by atoms with Crippen LogP contribution in [0.15, 0.2) is 0 Å². The number of rotatable bonds is 6. The van der Waals surface area contributed by atoms with Crippen LogP contribution in [0.5, 0.6) is 0 Å². The van der Waals surface area contributed by atoms with E-state index in [9.17, 15) is 32.8 Å². The summed E-state index contributed by atoms with van der Waals surface area (Å²) in [5.74, 6) is -7.16. The fourth-order valence-electron chi connectivity index (χ4n) is 4.74. The molecule has 0 aliphatic heterocycles. The zero-order valence-electron chi connectivity index (χ0n) is 15.6. The first-order valence-electron chi connectivity index (χ1n) is 8.62. The molecule has 0 amide bonds. The van der Waals surface area contributed by atoms with Crippen molar-refractivity contribution in [3.05, 3.63) is 0 Å². The summed E-state index contributed by atoms with van der Waals surface area (Å²) >= 11 is 0. The van der Waals surface area contributed by atoms with Crippen molar-refractivity contribution in [2.45, 2.75) is 69.0 Å². The van der Waals surface area contributed by atoms with Crippen LogP contribution in [-0.4, -0.2) is 29.7 Å². The molecule has 2 aliphatic rings. The fraction of sp³-hybridized carbons (Fsp3) is 0.875. The Morgan fingerprint density at radius 1 is 0.885 bits per heavy atom. The molecule has 2 rings (SSSR count). The van der Waals surface area contributed by atoms with Crippen molar-refractivity contribution in [2.75, 3.05) is 0 Å². The summed E-state index contributed by atoms with van der Waals surface area (Å²) in [5, 5.41) is 23.9. The molecule has 2 atom stereocenters. The Hall–Kier alpha value is 0.850. The third-order valence-corrected chi connectivity index (χ3v) is 7.40. The van der Waals surface area contributed by atoms with Gasteiger partial charge in [0.25, 0.3) is 10.1 Å². The molecule has 0 aromatic rings. The predicted octanol–water partition coefficient (Wildman–Crippen LogP) is -6.10. The normalized spacial score (nSPS) is 23.0. The van der Waals surface area contributed by atoms with Gasteiger partial charge in [-0.1, -0.05) is 38.5 Å². The average Bonchev–Trinajstić information content (AvgIpc) is 2.52. The van der Waals surface area contributed by atoms with Gasteiger partial charge in [0.2, 0.25) is 0 Å². The minimum Gasteiger partial charge on any atom is -0.550 e. The fourth-order valence-corrected chi connectivity index (χ4v) is 6.22. The molecule has 2 fully saturated rings. The van der Waals surface area contributed by atoms with Crippen LogP contribution in [0.3, 0.4) is 0 Å². The summed E-state index contributed by atoms with van der Waals surface area (Å²) in [4.78, 5) is 23.9. The molecule has 0 saturated heterocycles. The number of carbonyl (C=O) groups excluding carboxylic acids is 2. The van der Waals surface area contributed by atoms with Crippen LogP contribution in [0.25, 0.3) is 0 Å². The second-order valence-electron chi connectivity index (χ2n) is 7.09. The molecule has 0 heterocycles. The van der Waals surface area contributed by atoms with E-state index in [1.165, 1.54) is 0 Å². The van der Waals surface area contributed by atoms with E-state index >= 15 is 0 Å². The number of carboxylic acids is 2. The van der Waals surface area contributed by atoms with Crippen molar-refractivity contribution in [1.82, 2.24) is 0 Å². The average molecular weight is 406 g/mol. The van der Waals surface area contributed by atoms with Crippen molar-refractivity contribution >= 4 is 22.1 Å². The number of carbonyl (C=O) groups is 2. The van der Waals surface area contributed by atoms with Gasteiger partial charge in [-0.05, 0) is 37.5 Å². The summed E-state index contributed by atoms with van der Waals surface area (Å²) in [6.45, 7) is 0. The molecule has 26 heavy (non-hydrogen) atoms. The summed E-state index contributed by atoms with van der Waals surface area (Å²) < 4.78 is 31.5. The molecule has 2 unspecified atom stereocenters. The van der Waals surface area contributed by atoms with Gasteiger partial charge in [-0.3, -0.25) is 4.55 Å². The summed E-state index contributed by atoms with van der Waals surface area (Å²) in [5.41, 5.74) is 0. The Balaban J connectivity index is 0.00000312. The minimum absolute atomic E-state index is 0. The zero-order chi connectivity index (χ0) is 18.0. The predicted molar refractivity (Wildman–Crippen MR) is 80.9 cm³/mol. The molecule has 138 valence electrons. The Morgan fingerprint density at radius 2 is 1.31 bits per heavy atom. The quantitative estimate of drug-likeness (QED) is 0.343. The molecule has 0 radical (unpaired) electrons. The Kier molecular flexibility index (Phi) is 11.5. The van der Waals surface area contributed by atoms with Crippen molar-refractivity contribution < 1.29 is 91.9 Å². The minimum atomic E-state index is -5.20. The van der Waals surface area contributed by atoms with Gasteiger partial charge in [0.1, 0.15) is 4.75 Å². The van der Waals surface area contributed by atoms with Gasteiger partial charge in [0, 0.05) is 11.9 Å². The second kappa shape index (κ2) is 11.1. The Morgan fingerprint density at radius 3 is 1.65 bits per heavy atom. The molecule has 2 aliphatic carbocycles. The molecular formula is C16H24Na2O7S. The molecular weight excluding hydrogens is 382 g/mol. The smallest absolute Gasteiger partial charge is 0.550 e. The molecule has 1 N–H and O–H groups in total. The molecule has 0 aromatic heterocycles. The van der Waals surface area contributed by atoms with E-state index in [0.29, 0.717) is 38.5 Å². The van der Waals surface area contributed by atoms with Crippen LogP contribution in [0.4, 0.5) is 0 Å². The van der Waals surface area contributed by atoms with E-state index < -0.39 is 44.6 Å². The van der Waals surface area contributed by atoms with E-state index in [1.807, 2.05) is 0 Å². The van der Waals surface area contributed by atoms with Crippen molar-refractivity contribution in [3.63, 3.8) is 0 Å². The topological polar surface area (TPSA) is 135 Å². The van der Waals surface area contributed by atoms with E-state index in [1.54, 1.807) is 0 Å². The van der Waals surface area contributed by atoms with Gasteiger partial charge >= 0.3 is 59.1 Å². The maximum atomic E-state index is 12.2. The maximum absolute atomic E-state index is 12.2. The van der Waals surface area contributed by atoms with Crippen molar-refractivity contribution in [1.29, 1.82) is 0 Å². The van der Waals surface area contributed by atoms with E-state index in [2.05, 4.69) is 0 Å². The van der Waals surface area contributed by atoms with E-state index in [4.69, 9.17) is 0 Å². The number of hydrogen-bond donors (Lipinski definition) is 1. The van der Waals surface area contributed by atoms with Crippen molar-refractivity contribution in [2.24, 2.45) is 17.8 Å². The zero-order valence-corrected chi connectivity index (χ0v) is 20.4. The van der Waals surface area contributed by atoms with Gasteiger partial charge in [0.05, 0.1) is 5.97 Å². The first-order valence-corrected chi connectivity index (χ1v) is 10.1. The maximum Gasteiger partial charge on any atom is 1.00 e. The second-order valence-corrected chi connectivity index (χ2v) is 8.71. The SMILES string of the molecule is O=C([O-])C(C1CCCCC1)C(C(=O)[O-])(C1CCCCC1)S(=O)(=O)O.[Na+].[Na+]. The van der Waals surface area contributed by atoms with Gasteiger partial charge in [0.15, 0.2) is 0 Å². The summed E-state index contributed by atoms with van der Waals surface area (Å²) in [6, 6.07) is 0. The van der Waals surface area contributed by atoms with E-state index in [-0.39, 0.29) is 72.0 Å². The standard InChI is InChI=1S/C16H26O7S.2Na/c17-14(18)13(11-7-3-1-4-8-11)16(15(19)20,24(21,22)23)12-9-5-2-6-10-12;;/h11-13H,1-10H2,(H,17,18)(H,19,20)(H,21,22,23);;/q;2*+1/p-2. The number of hydrogen-bond acceptors (Lipinski definition) is 6. The molecule has 7 nitrogen and oxygen atoms in total. The molecule has 0 bridgehead atoms. The van der Waals surface area contributed by atoms with E-state index in [0.717, 1.165) is 12.8 Å². The number of carboxylic acid groups (broad SMARTS) is 2. The first kappa shape index (κ1) is 26.9. The van der Waals surface area contributed by atoms with Crippen LogP contribution in [0.2, 0.25) is 0 Å². The van der Waals surface area contributed by atoms with Crippen LogP contribution in [-0.2, 0) is 19.7 Å². The molecule has 2 saturated carbocycles. The summed E-state index contributed by atoms with van der Waals surface area (Å²) in [6.07, 6.45) is 5.62. The van der Waals surface area contributed by atoms with Gasteiger partial charge < -0.3 is 19.8 Å². The van der Waals surface area contributed by atoms with Crippen molar-refractivity contribution in [3.8, 4) is 0 Å². The molecule has 0 spiro atoms. The third kappa shape index (κ3) is 5.26.